The summed E-state index contributed by atoms with van der Waals surface area (Å²) in [4.78, 5) is 14.6. The predicted molar refractivity (Wildman–Crippen MR) is 137 cm³/mol. The van der Waals surface area contributed by atoms with Crippen LogP contribution in [0.1, 0.15) is 23.6 Å². The Bertz CT molecular complexity index is 1220. The second-order valence-electron chi connectivity index (χ2n) is 7.73. The number of carbonyl (C=O) groups excluding carboxylic acids is 1. The minimum atomic E-state index is -0.220. The molecule has 3 aromatic carbocycles. The van der Waals surface area contributed by atoms with Gasteiger partial charge in [-0.1, -0.05) is 23.8 Å². The number of rotatable bonds is 8. The molecule has 0 spiro atoms. The summed E-state index contributed by atoms with van der Waals surface area (Å²) in [6.45, 7) is 4.87. The van der Waals surface area contributed by atoms with Gasteiger partial charge < -0.3 is 19.5 Å². The standard InChI is InChI=1S/C27H26N2O4S/c1-4-32-22-12-8-21(9-13-22)29-26(30)24(28-27(29)34)16-19-7-14-25(31-3)20(15-19)17-33-23-10-5-18(2)6-11-23/h5-16H,4,17H2,1-3H3,(H,28,34)/b24-16+. The molecule has 1 aliphatic heterocycles. The van der Waals surface area contributed by atoms with Crippen molar-refractivity contribution in [3.63, 3.8) is 0 Å². The Morgan fingerprint density at radius 1 is 0.971 bits per heavy atom. The average molecular weight is 475 g/mol. The number of aryl methyl sites for hydroxylation is 1. The van der Waals surface area contributed by atoms with Crippen molar-refractivity contribution in [2.24, 2.45) is 0 Å². The van der Waals surface area contributed by atoms with Crippen LogP contribution in [0.25, 0.3) is 6.08 Å². The Kier molecular flexibility index (Phi) is 7.13. The van der Waals surface area contributed by atoms with E-state index in [-0.39, 0.29) is 5.91 Å². The minimum Gasteiger partial charge on any atom is -0.496 e. The van der Waals surface area contributed by atoms with Crippen molar-refractivity contribution < 1.29 is 19.0 Å². The van der Waals surface area contributed by atoms with E-state index < -0.39 is 0 Å². The average Bonchev–Trinajstić information content (AvgIpc) is 3.12. The number of hydrogen-bond acceptors (Lipinski definition) is 5. The van der Waals surface area contributed by atoms with Gasteiger partial charge in [0.05, 0.1) is 19.4 Å². The second-order valence-corrected chi connectivity index (χ2v) is 8.12. The third-order valence-corrected chi connectivity index (χ3v) is 5.60. The van der Waals surface area contributed by atoms with Crippen LogP contribution in [0, 0.1) is 6.92 Å². The van der Waals surface area contributed by atoms with E-state index in [2.05, 4.69) is 5.32 Å². The van der Waals surface area contributed by atoms with Crippen LogP contribution < -0.4 is 24.4 Å². The summed E-state index contributed by atoms with van der Waals surface area (Å²) in [5.41, 5.74) is 3.94. The van der Waals surface area contributed by atoms with E-state index in [4.69, 9.17) is 26.4 Å². The first kappa shape index (κ1) is 23.3. The highest BCUT2D eigenvalue weighted by atomic mass is 32.1. The smallest absolute Gasteiger partial charge is 0.281 e. The molecule has 4 rings (SSSR count). The molecule has 0 saturated carbocycles. The summed E-state index contributed by atoms with van der Waals surface area (Å²) in [5, 5.41) is 3.36. The van der Waals surface area contributed by atoms with Crippen LogP contribution >= 0.6 is 12.2 Å². The van der Waals surface area contributed by atoms with Crippen LogP contribution in [0.2, 0.25) is 0 Å². The highest BCUT2D eigenvalue weighted by Gasteiger charge is 2.32. The molecule has 0 aliphatic carbocycles. The number of thiocarbonyl (C=S) groups is 1. The van der Waals surface area contributed by atoms with Crippen LogP contribution in [0.3, 0.4) is 0 Å². The van der Waals surface area contributed by atoms with Crippen LogP contribution in [0.5, 0.6) is 17.2 Å². The molecule has 0 unspecified atom stereocenters. The molecule has 6 nitrogen and oxygen atoms in total. The Labute approximate surface area is 204 Å². The summed E-state index contributed by atoms with van der Waals surface area (Å²) in [5.74, 6) is 2.01. The minimum absolute atomic E-state index is 0.220. The zero-order chi connectivity index (χ0) is 24.1. The molecule has 0 atom stereocenters. The molecule has 1 heterocycles. The van der Waals surface area contributed by atoms with Crippen molar-refractivity contribution in [3.05, 3.63) is 89.1 Å². The molecule has 0 aromatic heterocycles. The van der Waals surface area contributed by atoms with Crippen molar-refractivity contribution in [2.75, 3.05) is 18.6 Å². The molecule has 1 N–H and O–H groups in total. The lowest BCUT2D eigenvalue weighted by Gasteiger charge is -2.14. The lowest BCUT2D eigenvalue weighted by molar-refractivity contribution is -0.113. The molecule has 1 fully saturated rings. The van der Waals surface area contributed by atoms with E-state index in [1.165, 1.54) is 10.5 Å². The van der Waals surface area contributed by atoms with Crippen LogP contribution in [0.15, 0.2) is 72.4 Å². The summed E-state index contributed by atoms with van der Waals surface area (Å²) >= 11 is 5.43. The quantitative estimate of drug-likeness (QED) is 0.356. The molecule has 1 amide bonds. The van der Waals surface area contributed by atoms with Gasteiger partial charge in [-0.3, -0.25) is 9.69 Å². The molecule has 174 valence electrons. The van der Waals surface area contributed by atoms with E-state index >= 15 is 0 Å². The Balaban J connectivity index is 1.53. The molecule has 7 heteroatoms. The van der Waals surface area contributed by atoms with Gasteiger partial charge in [-0.05, 0) is 86.2 Å². The van der Waals surface area contributed by atoms with Gasteiger partial charge >= 0.3 is 0 Å². The lowest BCUT2D eigenvalue weighted by atomic mass is 10.1. The van der Waals surface area contributed by atoms with Crippen molar-refractivity contribution in [1.82, 2.24) is 5.32 Å². The van der Waals surface area contributed by atoms with Crippen molar-refractivity contribution in [3.8, 4) is 17.2 Å². The first-order chi connectivity index (χ1) is 16.5. The fraction of sp³-hybridized carbons (Fsp3) is 0.185. The van der Waals surface area contributed by atoms with Crippen LogP contribution in [-0.2, 0) is 11.4 Å². The molecule has 1 aliphatic rings. The number of nitrogens with one attached hydrogen (secondary N) is 1. The number of amides is 1. The lowest BCUT2D eigenvalue weighted by Crippen LogP contribution is -2.30. The zero-order valence-electron chi connectivity index (χ0n) is 19.3. The van der Waals surface area contributed by atoms with Crippen molar-refractivity contribution >= 4 is 35.0 Å². The molecular formula is C27H26N2O4S. The highest BCUT2D eigenvalue weighted by molar-refractivity contribution is 7.80. The zero-order valence-corrected chi connectivity index (χ0v) is 20.1. The third-order valence-electron chi connectivity index (χ3n) is 5.31. The van der Waals surface area contributed by atoms with Crippen molar-refractivity contribution in [2.45, 2.75) is 20.5 Å². The molecule has 0 bridgehead atoms. The van der Waals surface area contributed by atoms with E-state index in [0.717, 1.165) is 22.6 Å². The monoisotopic (exact) mass is 474 g/mol. The van der Waals surface area contributed by atoms with Gasteiger partial charge in [-0.25, -0.2) is 0 Å². The third kappa shape index (κ3) is 5.21. The number of hydrogen-bond donors (Lipinski definition) is 1. The number of benzene rings is 3. The predicted octanol–water partition coefficient (Wildman–Crippen LogP) is 5.24. The Morgan fingerprint density at radius 2 is 1.65 bits per heavy atom. The van der Waals surface area contributed by atoms with Gasteiger partial charge in [0, 0.05) is 5.56 Å². The highest BCUT2D eigenvalue weighted by Crippen LogP contribution is 2.27. The Hall–Kier alpha value is -3.84. The maximum Gasteiger partial charge on any atom is 0.281 e. The van der Waals surface area contributed by atoms with E-state index in [0.29, 0.717) is 35.5 Å². The number of methoxy groups -OCH3 is 1. The topological polar surface area (TPSA) is 60.0 Å². The largest absolute Gasteiger partial charge is 0.496 e. The summed E-state index contributed by atoms with van der Waals surface area (Å²) < 4.78 is 16.9. The summed E-state index contributed by atoms with van der Waals surface area (Å²) in [6.07, 6.45) is 1.78. The van der Waals surface area contributed by atoms with E-state index in [9.17, 15) is 4.79 Å². The van der Waals surface area contributed by atoms with Crippen LogP contribution in [-0.4, -0.2) is 24.7 Å². The van der Waals surface area contributed by atoms with E-state index in [1.54, 1.807) is 13.2 Å². The molecule has 3 aromatic rings. The van der Waals surface area contributed by atoms with Gasteiger partial charge in [0.25, 0.3) is 5.91 Å². The van der Waals surface area contributed by atoms with Crippen molar-refractivity contribution in [1.29, 1.82) is 0 Å². The number of carbonyl (C=O) groups is 1. The van der Waals surface area contributed by atoms with Gasteiger partial charge in [0.15, 0.2) is 5.11 Å². The van der Waals surface area contributed by atoms with Crippen LogP contribution in [0.4, 0.5) is 5.69 Å². The fourth-order valence-corrected chi connectivity index (χ4v) is 3.89. The maximum atomic E-state index is 13.1. The SMILES string of the molecule is CCOc1ccc(N2C(=O)/C(=C\c3ccc(OC)c(COc4ccc(C)cc4)c3)NC2=S)cc1. The number of anilines is 1. The first-order valence-electron chi connectivity index (χ1n) is 10.9. The second kappa shape index (κ2) is 10.4. The number of nitrogens with zero attached hydrogens (tertiary/aromatic N) is 1. The van der Waals surface area contributed by atoms with Gasteiger partial charge in [-0.15, -0.1) is 0 Å². The summed E-state index contributed by atoms with van der Waals surface area (Å²) in [6, 6.07) is 20.8. The normalized spacial score (nSPS) is 14.3. The number of ether oxygens (including phenoxy) is 3. The fourth-order valence-electron chi connectivity index (χ4n) is 3.59. The molecule has 1 saturated heterocycles. The van der Waals surface area contributed by atoms with Gasteiger partial charge in [0.1, 0.15) is 29.6 Å². The van der Waals surface area contributed by atoms with E-state index in [1.807, 2.05) is 80.6 Å². The summed E-state index contributed by atoms with van der Waals surface area (Å²) in [7, 11) is 1.62. The molecule has 34 heavy (non-hydrogen) atoms. The maximum absolute atomic E-state index is 13.1. The van der Waals surface area contributed by atoms with Gasteiger partial charge in [-0.2, -0.15) is 0 Å². The molecule has 0 radical (unpaired) electrons. The Morgan fingerprint density at radius 3 is 2.32 bits per heavy atom. The molecular weight excluding hydrogens is 448 g/mol. The first-order valence-corrected chi connectivity index (χ1v) is 11.4. The van der Waals surface area contributed by atoms with Gasteiger partial charge in [0.2, 0.25) is 0 Å².